The molecule has 7 heteroatoms. The summed E-state index contributed by atoms with van der Waals surface area (Å²) >= 11 is 1.33. The number of carbonyl (C=O) groups excluding carboxylic acids is 2. The Morgan fingerprint density at radius 3 is 2.57 bits per heavy atom. The summed E-state index contributed by atoms with van der Waals surface area (Å²) in [6.45, 7) is 3.15. The predicted octanol–water partition coefficient (Wildman–Crippen LogP) is 2.50. The molecule has 0 spiro atoms. The van der Waals surface area contributed by atoms with Gasteiger partial charge in [0.15, 0.2) is 0 Å². The molecule has 0 saturated heterocycles. The second kappa shape index (κ2) is 6.78. The van der Waals surface area contributed by atoms with E-state index in [1.807, 2.05) is 24.3 Å². The van der Waals surface area contributed by atoms with Gasteiger partial charge in [0.25, 0.3) is 5.91 Å². The van der Waals surface area contributed by atoms with Crippen LogP contribution >= 0.6 is 11.3 Å². The van der Waals surface area contributed by atoms with Crippen molar-refractivity contribution in [1.29, 1.82) is 0 Å². The van der Waals surface area contributed by atoms with E-state index in [4.69, 9.17) is 4.74 Å². The van der Waals surface area contributed by atoms with Gasteiger partial charge >= 0.3 is 5.97 Å². The highest BCUT2D eigenvalue weighted by atomic mass is 32.1. The van der Waals surface area contributed by atoms with Gasteiger partial charge in [-0.15, -0.1) is 11.3 Å². The molecule has 1 aromatic carbocycles. The third-order valence-corrected chi connectivity index (χ3v) is 4.07. The lowest BCUT2D eigenvalue weighted by molar-refractivity contribution is -0.146. The Morgan fingerprint density at radius 1 is 1.22 bits per heavy atom. The maximum absolute atomic E-state index is 12.3. The number of carbonyl (C=O) groups is 2. The topological polar surface area (TPSA) is 77.5 Å². The molecule has 0 unspecified atom stereocenters. The predicted molar refractivity (Wildman–Crippen MR) is 87.7 cm³/mol. The number of benzene rings is 1. The average molecular weight is 334 g/mol. The first-order valence-corrected chi connectivity index (χ1v) is 7.77. The number of hydrogen-bond donors (Lipinski definition) is 1. The van der Waals surface area contributed by atoms with Gasteiger partial charge in [-0.05, 0) is 26.0 Å². The molecule has 0 aliphatic carbocycles. The van der Waals surface area contributed by atoms with Crippen molar-refractivity contribution >= 4 is 23.2 Å². The van der Waals surface area contributed by atoms with E-state index in [-0.39, 0.29) is 5.69 Å². The standard InChI is InChI=1S/C16H18N2O4S/c1-16(2,15(20)22-4)18-13(19)11-9-23-14(17-11)10-7-5-6-8-12(10)21-3/h5-9H,1-4H3,(H,18,19). The molecule has 0 aliphatic heterocycles. The molecule has 0 bridgehead atoms. The Balaban J connectivity index is 2.22. The van der Waals surface area contributed by atoms with E-state index in [0.29, 0.717) is 10.8 Å². The Kier molecular flexibility index (Phi) is 5.00. The van der Waals surface area contributed by atoms with Gasteiger partial charge < -0.3 is 14.8 Å². The van der Waals surface area contributed by atoms with Crippen molar-refractivity contribution < 1.29 is 19.1 Å². The number of rotatable bonds is 5. The summed E-state index contributed by atoms with van der Waals surface area (Å²) in [4.78, 5) is 28.2. The van der Waals surface area contributed by atoms with E-state index < -0.39 is 17.4 Å². The average Bonchev–Trinajstić information content (AvgIpc) is 3.03. The molecule has 6 nitrogen and oxygen atoms in total. The van der Waals surface area contributed by atoms with Crippen LogP contribution in [0.2, 0.25) is 0 Å². The van der Waals surface area contributed by atoms with E-state index in [1.54, 1.807) is 26.3 Å². The first-order chi connectivity index (χ1) is 10.9. The van der Waals surface area contributed by atoms with Crippen molar-refractivity contribution in [2.24, 2.45) is 0 Å². The first-order valence-electron chi connectivity index (χ1n) is 6.89. The van der Waals surface area contributed by atoms with Crippen molar-refractivity contribution in [1.82, 2.24) is 10.3 Å². The number of esters is 1. The number of amides is 1. The Hall–Kier alpha value is -2.41. The molecule has 1 amide bonds. The molecule has 2 rings (SSSR count). The Labute approximate surface area is 138 Å². The molecule has 1 heterocycles. The second-order valence-corrected chi connectivity index (χ2v) is 6.17. The van der Waals surface area contributed by atoms with Crippen molar-refractivity contribution in [2.45, 2.75) is 19.4 Å². The van der Waals surface area contributed by atoms with E-state index in [2.05, 4.69) is 15.0 Å². The molecule has 0 radical (unpaired) electrons. The van der Waals surface area contributed by atoms with Crippen LogP contribution < -0.4 is 10.1 Å². The maximum Gasteiger partial charge on any atom is 0.330 e. The van der Waals surface area contributed by atoms with Gasteiger partial charge in [0.05, 0.1) is 19.8 Å². The molecule has 1 N–H and O–H groups in total. The highest BCUT2D eigenvalue weighted by molar-refractivity contribution is 7.13. The molecular formula is C16H18N2O4S. The number of methoxy groups -OCH3 is 2. The smallest absolute Gasteiger partial charge is 0.330 e. The number of hydrogen-bond acceptors (Lipinski definition) is 6. The van der Waals surface area contributed by atoms with E-state index in [9.17, 15) is 9.59 Å². The lowest BCUT2D eigenvalue weighted by Gasteiger charge is -2.22. The quantitative estimate of drug-likeness (QED) is 0.850. The number of nitrogens with one attached hydrogen (secondary N) is 1. The fourth-order valence-electron chi connectivity index (χ4n) is 1.98. The van der Waals surface area contributed by atoms with Gasteiger partial charge in [0.2, 0.25) is 0 Å². The second-order valence-electron chi connectivity index (χ2n) is 5.31. The zero-order chi connectivity index (χ0) is 17.0. The van der Waals surface area contributed by atoms with Crippen LogP contribution in [0.4, 0.5) is 0 Å². The fourth-order valence-corrected chi connectivity index (χ4v) is 2.81. The molecular weight excluding hydrogens is 316 g/mol. The number of thiazole rings is 1. The van der Waals surface area contributed by atoms with Crippen LogP contribution in [0, 0.1) is 0 Å². The van der Waals surface area contributed by atoms with Crippen LogP contribution in [-0.4, -0.2) is 36.6 Å². The van der Waals surface area contributed by atoms with Gasteiger partial charge in [-0.2, -0.15) is 0 Å². The lowest BCUT2D eigenvalue weighted by atomic mass is 10.1. The molecule has 0 aliphatic rings. The third-order valence-electron chi connectivity index (χ3n) is 3.20. The minimum atomic E-state index is -1.12. The largest absolute Gasteiger partial charge is 0.496 e. The van der Waals surface area contributed by atoms with Gasteiger partial charge in [-0.1, -0.05) is 12.1 Å². The number of nitrogens with zero attached hydrogens (tertiary/aromatic N) is 1. The van der Waals surface area contributed by atoms with Crippen LogP contribution in [0.5, 0.6) is 5.75 Å². The van der Waals surface area contributed by atoms with E-state index in [0.717, 1.165) is 5.56 Å². The highest BCUT2D eigenvalue weighted by Crippen LogP contribution is 2.31. The van der Waals surface area contributed by atoms with Crippen molar-refractivity contribution in [3.05, 3.63) is 35.3 Å². The zero-order valence-corrected chi connectivity index (χ0v) is 14.2. The lowest BCUT2D eigenvalue weighted by Crippen LogP contribution is -2.50. The Bertz CT molecular complexity index is 724. The fraction of sp³-hybridized carbons (Fsp3) is 0.312. The van der Waals surface area contributed by atoms with Crippen LogP contribution in [0.25, 0.3) is 10.6 Å². The Morgan fingerprint density at radius 2 is 1.91 bits per heavy atom. The monoisotopic (exact) mass is 334 g/mol. The number of para-hydroxylation sites is 1. The summed E-state index contributed by atoms with van der Waals surface area (Å²) in [5, 5.41) is 4.93. The SMILES string of the molecule is COC(=O)C(C)(C)NC(=O)c1csc(-c2ccccc2OC)n1. The number of ether oxygens (including phenoxy) is 2. The summed E-state index contributed by atoms with van der Waals surface area (Å²) in [5.41, 5.74) is -0.0702. The van der Waals surface area contributed by atoms with Crippen LogP contribution in [0.3, 0.4) is 0 Å². The van der Waals surface area contributed by atoms with E-state index >= 15 is 0 Å². The van der Waals surface area contributed by atoms with Crippen LogP contribution in [-0.2, 0) is 9.53 Å². The molecule has 2 aromatic rings. The van der Waals surface area contributed by atoms with Gasteiger partial charge in [0, 0.05) is 5.38 Å². The van der Waals surface area contributed by atoms with Gasteiger partial charge in [0.1, 0.15) is 22.0 Å². The van der Waals surface area contributed by atoms with Crippen molar-refractivity contribution in [3.8, 4) is 16.3 Å². The molecule has 1 aromatic heterocycles. The molecule has 0 atom stereocenters. The highest BCUT2D eigenvalue weighted by Gasteiger charge is 2.31. The van der Waals surface area contributed by atoms with Gasteiger partial charge in [-0.25, -0.2) is 9.78 Å². The molecule has 122 valence electrons. The summed E-state index contributed by atoms with van der Waals surface area (Å²) in [7, 11) is 2.86. The molecule has 0 fully saturated rings. The minimum Gasteiger partial charge on any atom is -0.496 e. The minimum absolute atomic E-state index is 0.243. The first kappa shape index (κ1) is 17.0. The van der Waals surface area contributed by atoms with Gasteiger partial charge in [-0.3, -0.25) is 4.79 Å². The summed E-state index contributed by atoms with van der Waals surface area (Å²) in [6.07, 6.45) is 0. The van der Waals surface area contributed by atoms with E-state index in [1.165, 1.54) is 18.4 Å². The summed E-state index contributed by atoms with van der Waals surface area (Å²) < 4.78 is 9.97. The third kappa shape index (κ3) is 3.68. The van der Waals surface area contributed by atoms with Crippen molar-refractivity contribution in [2.75, 3.05) is 14.2 Å². The summed E-state index contributed by atoms with van der Waals surface area (Å²) in [6, 6.07) is 7.44. The maximum atomic E-state index is 12.3. The zero-order valence-electron chi connectivity index (χ0n) is 13.4. The number of aromatic nitrogens is 1. The summed E-state index contributed by atoms with van der Waals surface area (Å²) in [5.74, 6) is -0.271. The van der Waals surface area contributed by atoms with Crippen LogP contribution in [0.1, 0.15) is 24.3 Å². The van der Waals surface area contributed by atoms with Crippen LogP contribution in [0.15, 0.2) is 29.6 Å². The molecule has 23 heavy (non-hydrogen) atoms. The van der Waals surface area contributed by atoms with Crippen molar-refractivity contribution in [3.63, 3.8) is 0 Å². The normalized spacial score (nSPS) is 11.0. The molecule has 0 saturated carbocycles.